The molecule has 3 aliphatic heterocycles. The molecule has 2 fully saturated rings. The summed E-state index contributed by atoms with van der Waals surface area (Å²) < 4.78 is 16.2. The van der Waals surface area contributed by atoms with E-state index in [4.69, 9.17) is 14.2 Å². The van der Waals surface area contributed by atoms with Gasteiger partial charge in [-0.15, -0.1) is 0 Å². The summed E-state index contributed by atoms with van der Waals surface area (Å²) in [6.07, 6.45) is 2.28. The quantitative estimate of drug-likeness (QED) is 0.519. The molecule has 36 heavy (non-hydrogen) atoms. The van der Waals surface area contributed by atoms with Gasteiger partial charge in [-0.25, -0.2) is 4.79 Å². The molecule has 2 aromatic rings. The Bertz CT molecular complexity index is 1130. The fourth-order valence-electron chi connectivity index (χ4n) is 5.88. The van der Waals surface area contributed by atoms with E-state index in [0.29, 0.717) is 25.3 Å². The lowest BCUT2D eigenvalue weighted by atomic mass is 9.85. The number of amides is 3. The van der Waals surface area contributed by atoms with Crippen LogP contribution >= 0.6 is 0 Å². The maximum atomic E-state index is 13.7. The highest BCUT2D eigenvalue weighted by Crippen LogP contribution is 2.38. The molecule has 3 amide bonds. The Kier molecular flexibility index (Phi) is 6.79. The predicted octanol–water partition coefficient (Wildman–Crippen LogP) is 3.92. The van der Waals surface area contributed by atoms with Gasteiger partial charge in [-0.3, -0.25) is 9.69 Å². The van der Waals surface area contributed by atoms with Crippen LogP contribution in [0, 0.1) is 5.92 Å². The van der Waals surface area contributed by atoms with Gasteiger partial charge < -0.3 is 24.0 Å². The third-order valence-corrected chi connectivity index (χ3v) is 7.69. The lowest BCUT2D eigenvalue weighted by molar-refractivity contribution is -0.136. The average molecular weight is 494 g/mol. The minimum absolute atomic E-state index is 0.0646. The van der Waals surface area contributed by atoms with Crippen LogP contribution in [0.3, 0.4) is 0 Å². The fourth-order valence-corrected chi connectivity index (χ4v) is 5.88. The summed E-state index contributed by atoms with van der Waals surface area (Å²) in [7, 11) is 1.61. The topological polar surface area (TPSA) is 71.6 Å². The number of carbonyl (C=O) groups is 2. The zero-order valence-corrected chi connectivity index (χ0v) is 21.4. The van der Waals surface area contributed by atoms with E-state index in [1.165, 1.54) is 10.5 Å². The van der Waals surface area contributed by atoms with Crippen LogP contribution in [0.5, 0.6) is 17.2 Å². The van der Waals surface area contributed by atoms with Gasteiger partial charge in [0.05, 0.1) is 13.7 Å². The summed E-state index contributed by atoms with van der Waals surface area (Å²) >= 11 is 0. The molecule has 0 N–H and O–H groups in total. The molecular formula is C28H35N3O5. The second-order valence-electron chi connectivity index (χ2n) is 10.1. The van der Waals surface area contributed by atoms with Crippen molar-refractivity contribution in [3.8, 4) is 17.2 Å². The number of urea groups is 1. The summed E-state index contributed by atoms with van der Waals surface area (Å²) in [4.78, 5) is 32.6. The van der Waals surface area contributed by atoms with Gasteiger partial charge in [-0.2, -0.15) is 0 Å². The van der Waals surface area contributed by atoms with E-state index >= 15 is 0 Å². The molecule has 3 heterocycles. The van der Waals surface area contributed by atoms with Crippen molar-refractivity contribution < 1.29 is 23.8 Å². The number of nitrogens with zero attached hydrogens (tertiary/aromatic N) is 3. The van der Waals surface area contributed by atoms with Crippen molar-refractivity contribution in [1.82, 2.24) is 14.7 Å². The summed E-state index contributed by atoms with van der Waals surface area (Å²) in [5.74, 6) is 2.74. The smallest absolute Gasteiger partial charge is 0.327 e. The van der Waals surface area contributed by atoms with Gasteiger partial charge in [0.25, 0.3) is 5.91 Å². The first-order chi connectivity index (χ1) is 17.4. The van der Waals surface area contributed by atoms with Crippen LogP contribution in [0.2, 0.25) is 0 Å². The SMILES string of the molecule is CCN1C(=O)N(Cc2cccc(OC)c2)C(=O)C12CCN(C[C@@H](C)Cc1ccc3c(c1)OCO3)CC2. The lowest BCUT2D eigenvalue weighted by Gasteiger charge is -2.42. The van der Waals surface area contributed by atoms with Gasteiger partial charge in [-0.05, 0) is 67.5 Å². The first-order valence-electron chi connectivity index (χ1n) is 12.8. The second kappa shape index (κ2) is 10.0. The molecule has 2 saturated heterocycles. The summed E-state index contributed by atoms with van der Waals surface area (Å²) in [6.45, 7) is 7.85. The van der Waals surface area contributed by atoms with Crippen LogP contribution in [0.15, 0.2) is 42.5 Å². The Morgan fingerprint density at radius 1 is 1.03 bits per heavy atom. The van der Waals surface area contributed by atoms with Crippen LogP contribution in [0.25, 0.3) is 0 Å². The van der Waals surface area contributed by atoms with Crippen molar-refractivity contribution in [2.45, 2.75) is 45.2 Å². The lowest BCUT2D eigenvalue weighted by Crippen LogP contribution is -2.56. The van der Waals surface area contributed by atoms with E-state index in [2.05, 4.69) is 24.0 Å². The first-order valence-corrected chi connectivity index (χ1v) is 12.8. The number of hydrogen-bond acceptors (Lipinski definition) is 6. The Hall–Kier alpha value is -3.26. The molecule has 8 heteroatoms. The maximum absolute atomic E-state index is 13.7. The Balaban J connectivity index is 1.21. The van der Waals surface area contributed by atoms with Crippen LogP contribution < -0.4 is 14.2 Å². The van der Waals surface area contributed by atoms with E-state index in [1.54, 1.807) is 12.0 Å². The molecule has 1 atom stereocenters. The minimum atomic E-state index is -0.734. The van der Waals surface area contributed by atoms with E-state index < -0.39 is 5.54 Å². The van der Waals surface area contributed by atoms with Crippen molar-refractivity contribution in [2.24, 2.45) is 5.92 Å². The van der Waals surface area contributed by atoms with Crippen molar-refractivity contribution >= 4 is 11.9 Å². The van der Waals surface area contributed by atoms with Gasteiger partial charge >= 0.3 is 6.03 Å². The molecule has 3 aliphatic rings. The van der Waals surface area contributed by atoms with Crippen LogP contribution in [0.1, 0.15) is 37.8 Å². The third-order valence-electron chi connectivity index (χ3n) is 7.69. The number of likely N-dealkylation sites (N-methyl/N-ethyl adjacent to an activating group) is 1. The highest BCUT2D eigenvalue weighted by Gasteiger charge is 2.57. The van der Waals surface area contributed by atoms with Gasteiger partial charge in [0.2, 0.25) is 6.79 Å². The van der Waals surface area contributed by atoms with E-state index in [1.807, 2.05) is 37.3 Å². The van der Waals surface area contributed by atoms with Crippen molar-refractivity contribution in [2.75, 3.05) is 40.1 Å². The molecule has 192 valence electrons. The number of piperidine rings is 1. The zero-order chi connectivity index (χ0) is 25.3. The molecule has 0 aliphatic carbocycles. The number of methoxy groups -OCH3 is 1. The normalized spacial score (nSPS) is 19.9. The molecular weight excluding hydrogens is 458 g/mol. The van der Waals surface area contributed by atoms with Crippen LogP contribution in [-0.4, -0.2) is 72.3 Å². The highest BCUT2D eigenvalue weighted by atomic mass is 16.7. The second-order valence-corrected chi connectivity index (χ2v) is 10.1. The highest BCUT2D eigenvalue weighted by molar-refractivity contribution is 6.07. The maximum Gasteiger partial charge on any atom is 0.327 e. The van der Waals surface area contributed by atoms with Gasteiger partial charge in [0.15, 0.2) is 11.5 Å². The monoisotopic (exact) mass is 493 g/mol. The molecule has 0 saturated carbocycles. The Morgan fingerprint density at radius 2 is 1.81 bits per heavy atom. The number of rotatable bonds is 8. The van der Waals surface area contributed by atoms with Gasteiger partial charge in [0.1, 0.15) is 11.3 Å². The number of hydrogen-bond donors (Lipinski definition) is 0. The van der Waals surface area contributed by atoms with Crippen molar-refractivity contribution in [3.05, 3.63) is 53.6 Å². The molecule has 0 bridgehead atoms. The first kappa shape index (κ1) is 24.4. The number of benzene rings is 2. The largest absolute Gasteiger partial charge is 0.497 e. The number of carbonyl (C=O) groups excluding carboxylic acids is 2. The van der Waals surface area contributed by atoms with Crippen LogP contribution in [0.4, 0.5) is 4.79 Å². The number of likely N-dealkylation sites (tertiary alicyclic amines) is 1. The van der Waals surface area contributed by atoms with E-state index in [0.717, 1.165) is 48.9 Å². The number of fused-ring (bicyclic) bond motifs is 1. The van der Waals surface area contributed by atoms with Gasteiger partial charge in [-0.1, -0.05) is 25.1 Å². The number of imide groups is 1. The molecule has 8 nitrogen and oxygen atoms in total. The minimum Gasteiger partial charge on any atom is -0.497 e. The summed E-state index contributed by atoms with van der Waals surface area (Å²) in [5.41, 5.74) is 1.39. The van der Waals surface area contributed by atoms with E-state index in [9.17, 15) is 9.59 Å². The third kappa shape index (κ3) is 4.50. The predicted molar refractivity (Wildman–Crippen MR) is 135 cm³/mol. The van der Waals surface area contributed by atoms with E-state index in [-0.39, 0.29) is 25.3 Å². The molecule has 1 spiro atoms. The van der Waals surface area contributed by atoms with Crippen molar-refractivity contribution in [1.29, 1.82) is 0 Å². The number of ether oxygens (including phenoxy) is 3. The summed E-state index contributed by atoms with van der Waals surface area (Å²) in [6, 6.07) is 13.5. The average Bonchev–Trinajstić information content (AvgIpc) is 3.42. The molecule has 0 radical (unpaired) electrons. The molecule has 2 aromatic carbocycles. The molecule has 0 unspecified atom stereocenters. The zero-order valence-electron chi connectivity index (χ0n) is 21.4. The van der Waals surface area contributed by atoms with Crippen molar-refractivity contribution in [3.63, 3.8) is 0 Å². The Morgan fingerprint density at radius 3 is 2.56 bits per heavy atom. The Labute approximate surface area is 212 Å². The molecule has 0 aromatic heterocycles. The van der Waals surface area contributed by atoms with Gasteiger partial charge in [0, 0.05) is 26.2 Å². The summed E-state index contributed by atoms with van der Waals surface area (Å²) in [5, 5.41) is 0. The standard InChI is InChI=1S/C28H35N3O5/c1-4-31-27(33)30(18-22-6-5-7-23(15-22)34-3)26(32)28(31)10-12-29(13-11-28)17-20(2)14-21-8-9-24-25(16-21)36-19-35-24/h5-9,15-16,20H,4,10-14,17-19H2,1-3H3/t20-/m0/s1. The fraction of sp³-hybridized carbons (Fsp3) is 0.500. The van der Waals surface area contributed by atoms with Crippen LogP contribution in [-0.2, 0) is 17.8 Å². The molecule has 5 rings (SSSR count).